The monoisotopic (exact) mass is 288 g/mol. The van der Waals surface area contributed by atoms with E-state index in [2.05, 4.69) is 4.72 Å². The smallest absolute Gasteiger partial charge is 0.234 e. The predicted molar refractivity (Wildman–Crippen MR) is 82.1 cm³/mol. The topological polar surface area (TPSA) is 72.2 Å². The molecule has 0 aliphatic rings. The van der Waals surface area contributed by atoms with E-state index in [0.717, 1.165) is 11.1 Å². The average Bonchev–Trinajstić information content (AvgIpc) is 2.46. The van der Waals surface area contributed by atoms with Gasteiger partial charge in [-0.2, -0.15) is 0 Å². The van der Waals surface area contributed by atoms with Crippen LogP contribution in [-0.2, 0) is 16.6 Å². The molecule has 3 N–H and O–H groups in total. The van der Waals surface area contributed by atoms with Crippen molar-refractivity contribution in [1.82, 2.24) is 4.72 Å². The van der Waals surface area contributed by atoms with Crippen molar-refractivity contribution in [3.05, 3.63) is 71.1 Å². The molecule has 5 heteroatoms. The van der Waals surface area contributed by atoms with Crippen LogP contribution < -0.4 is 10.5 Å². The molecule has 0 bridgehead atoms. The van der Waals surface area contributed by atoms with Crippen molar-refractivity contribution in [1.29, 1.82) is 0 Å². The molecule has 0 saturated carbocycles. The summed E-state index contributed by atoms with van der Waals surface area (Å²) in [6, 6.07) is 16.3. The lowest BCUT2D eigenvalue weighted by Gasteiger charge is -2.03. The van der Waals surface area contributed by atoms with E-state index in [4.69, 9.17) is 5.73 Å². The lowest BCUT2D eigenvalue weighted by molar-refractivity contribution is 0.591. The maximum Gasteiger partial charge on any atom is 0.234 e. The highest BCUT2D eigenvalue weighted by atomic mass is 32.2. The summed E-state index contributed by atoms with van der Waals surface area (Å²) in [7, 11) is -3.45. The number of benzene rings is 2. The van der Waals surface area contributed by atoms with E-state index in [1.807, 2.05) is 30.3 Å². The van der Waals surface area contributed by atoms with Crippen LogP contribution >= 0.6 is 0 Å². The first kappa shape index (κ1) is 14.3. The predicted octanol–water partition coefficient (Wildman–Crippen LogP) is 2.36. The van der Waals surface area contributed by atoms with E-state index in [9.17, 15) is 8.42 Å². The largest absolute Gasteiger partial charge is 0.399 e. The van der Waals surface area contributed by atoms with Crippen LogP contribution in [0.5, 0.6) is 0 Å². The van der Waals surface area contributed by atoms with Gasteiger partial charge in [0.1, 0.15) is 0 Å². The number of nitrogens with one attached hydrogen (secondary N) is 1. The van der Waals surface area contributed by atoms with Crippen LogP contribution in [0, 0.1) is 0 Å². The van der Waals surface area contributed by atoms with E-state index < -0.39 is 10.0 Å². The maximum atomic E-state index is 11.8. The molecule has 20 heavy (non-hydrogen) atoms. The van der Waals surface area contributed by atoms with Crippen molar-refractivity contribution in [2.24, 2.45) is 0 Å². The fourth-order valence-corrected chi connectivity index (χ4v) is 2.40. The second kappa shape index (κ2) is 6.36. The Morgan fingerprint density at radius 1 is 1.00 bits per heavy atom. The third-order valence-electron chi connectivity index (χ3n) is 2.70. The second-order valence-electron chi connectivity index (χ2n) is 4.32. The highest BCUT2D eigenvalue weighted by Crippen LogP contribution is 2.06. The van der Waals surface area contributed by atoms with Gasteiger partial charge in [0.15, 0.2) is 0 Å². The van der Waals surface area contributed by atoms with Crippen LogP contribution in [-0.4, -0.2) is 8.42 Å². The third kappa shape index (κ3) is 4.53. The summed E-state index contributed by atoms with van der Waals surface area (Å²) in [5.74, 6) is 0. The average molecular weight is 288 g/mol. The van der Waals surface area contributed by atoms with Crippen molar-refractivity contribution in [2.75, 3.05) is 5.73 Å². The lowest BCUT2D eigenvalue weighted by Crippen LogP contribution is -2.20. The van der Waals surface area contributed by atoms with E-state index in [1.165, 1.54) is 5.41 Å². The molecule has 0 aromatic heterocycles. The number of rotatable bonds is 5. The van der Waals surface area contributed by atoms with Crippen LogP contribution in [0.25, 0.3) is 6.08 Å². The van der Waals surface area contributed by atoms with Gasteiger partial charge in [-0.25, -0.2) is 13.1 Å². The fraction of sp³-hybridized carbons (Fsp3) is 0.0667. The molecule has 0 spiro atoms. The summed E-state index contributed by atoms with van der Waals surface area (Å²) in [6.45, 7) is 0.238. The molecule has 2 aromatic rings. The first-order valence-electron chi connectivity index (χ1n) is 6.12. The zero-order valence-electron chi connectivity index (χ0n) is 10.9. The zero-order chi connectivity index (χ0) is 14.4. The molecule has 0 amide bonds. The molecule has 0 aliphatic carbocycles. The van der Waals surface area contributed by atoms with Gasteiger partial charge in [-0.15, -0.1) is 0 Å². The maximum absolute atomic E-state index is 11.8. The van der Waals surface area contributed by atoms with Crippen molar-refractivity contribution in [2.45, 2.75) is 6.54 Å². The summed E-state index contributed by atoms with van der Waals surface area (Å²) >= 11 is 0. The summed E-state index contributed by atoms with van der Waals surface area (Å²) in [6.07, 6.45) is 1.56. The molecule has 104 valence electrons. The van der Waals surface area contributed by atoms with Crippen LogP contribution in [0.3, 0.4) is 0 Å². The van der Waals surface area contributed by atoms with Crippen LogP contribution in [0.2, 0.25) is 0 Å². The fourth-order valence-electron chi connectivity index (χ4n) is 1.60. The minimum Gasteiger partial charge on any atom is -0.399 e. The minimum atomic E-state index is -3.45. The molecule has 0 radical (unpaired) electrons. The molecule has 0 saturated heterocycles. The van der Waals surface area contributed by atoms with E-state index in [-0.39, 0.29) is 6.54 Å². The molecular formula is C15H16N2O2S. The van der Waals surface area contributed by atoms with Gasteiger partial charge >= 0.3 is 0 Å². The molecule has 4 nitrogen and oxygen atoms in total. The Kier molecular flexibility index (Phi) is 4.55. The summed E-state index contributed by atoms with van der Waals surface area (Å²) in [4.78, 5) is 0. The molecule has 0 fully saturated rings. The van der Waals surface area contributed by atoms with Gasteiger partial charge in [-0.1, -0.05) is 42.5 Å². The van der Waals surface area contributed by atoms with Gasteiger partial charge in [-0.3, -0.25) is 0 Å². The highest BCUT2D eigenvalue weighted by molar-refractivity contribution is 7.92. The van der Waals surface area contributed by atoms with E-state index >= 15 is 0 Å². The number of anilines is 1. The number of hydrogen-bond acceptors (Lipinski definition) is 3. The Morgan fingerprint density at radius 3 is 2.30 bits per heavy atom. The molecule has 0 unspecified atom stereocenters. The number of sulfonamides is 1. The lowest BCUT2D eigenvalue weighted by atomic mass is 10.2. The van der Waals surface area contributed by atoms with Gasteiger partial charge in [0, 0.05) is 17.6 Å². The van der Waals surface area contributed by atoms with Gasteiger partial charge in [-0.05, 0) is 29.3 Å². The van der Waals surface area contributed by atoms with Crippen LogP contribution in [0.15, 0.2) is 60.0 Å². The highest BCUT2D eigenvalue weighted by Gasteiger charge is 2.04. The van der Waals surface area contributed by atoms with Crippen LogP contribution in [0.4, 0.5) is 5.69 Å². The van der Waals surface area contributed by atoms with E-state index in [0.29, 0.717) is 5.69 Å². The summed E-state index contributed by atoms with van der Waals surface area (Å²) in [5, 5.41) is 1.17. The first-order valence-corrected chi connectivity index (χ1v) is 7.67. The molecule has 2 aromatic carbocycles. The number of nitrogens with two attached hydrogens (primary N) is 1. The quantitative estimate of drug-likeness (QED) is 0.830. The van der Waals surface area contributed by atoms with Crippen molar-refractivity contribution in [3.8, 4) is 0 Å². The number of nitrogen functional groups attached to an aromatic ring is 1. The van der Waals surface area contributed by atoms with Gasteiger partial charge in [0.25, 0.3) is 0 Å². The SMILES string of the molecule is Nc1ccc(CNS(=O)(=O)/C=C/c2ccccc2)cc1. The van der Waals surface area contributed by atoms with Crippen LogP contribution in [0.1, 0.15) is 11.1 Å². The van der Waals surface area contributed by atoms with Crippen molar-refractivity contribution in [3.63, 3.8) is 0 Å². The Balaban J connectivity index is 1.97. The van der Waals surface area contributed by atoms with Gasteiger partial charge < -0.3 is 5.73 Å². The molecule has 0 heterocycles. The minimum absolute atomic E-state index is 0.238. The van der Waals surface area contributed by atoms with Gasteiger partial charge in [0.05, 0.1) is 0 Å². The van der Waals surface area contributed by atoms with Crippen molar-refractivity contribution >= 4 is 21.8 Å². The summed E-state index contributed by atoms with van der Waals surface area (Å²) < 4.78 is 26.2. The normalized spacial score (nSPS) is 11.8. The van der Waals surface area contributed by atoms with E-state index in [1.54, 1.807) is 30.3 Å². The second-order valence-corrected chi connectivity index (χ2v) is 5.97. The third-order valence-corrected chi connectivity index (χ3v) is 3.74. The van der Waals surface area contributed by atoms with Gasteiger partial charge in [0.2, 0.25) is 10.0 Å². The Morgan fingerprint density at radius 2 is 1.65 bits per heavy atom. The summed E-state index contributed by atoms with van der Waals surface area (Å²) in [5.41, 5.74) is 7.92. The zero-order valence-corrected chi connectivity index (χ0v) is 11.7. The number of hydrogen-bond donors (Lipinski definition) is 2. The Bertz CT molecular complexity index is 678. The Labute approximate surface area is 119 Å². The molecule has 2 rings (SSSR count). The molecular weight excluding hydrogens is 272 g/mol. The molecule has 0 atom stereocenters. The standard InChI is InChI=1S/C15H16N2O2S/c16-15-8-6-14(7-9-15)12-17-20(18,19)11-10-13-4-2-1-3-5-13/h1-11,17H,12,16H2/b11-10+. The Hall–Kier alpha value is -2.11. The van der Waals surface area contributed by atoms with Crippen molar-refractivity contribution < 1.29 is 8.42 Å². The molecule has 0 aliphatic heterocycles. The first-order chi connectivity index (χ1) is 9.55.